The van der Waals surface area contributed by atoms with E-state index in [1.807, 2.05) is 6.92 Å². The molecule has 2 atom stereocenters. The van der Waals surface area contributed by atoms with Crippen molar-refractivity contribution in [3.63, 3.8) is 0 Å². The molecular formula is C14H17NO4. The number of carbonyl (C=O) groups excluding carboxylic acids is 1. The van der Waals surface area contributed by atoms with Crippen molar-refractivity contribution >= 4 is 11.9 Å². The van der Waals surface area contributed by atoms with Gasteiger partial charge in [-0.05, 0) is 38.0 Å². The molecule has 102 valence electrons. The number of carboxylic acid groups (broad SMARTS) is 1. The third kappa shape index (κ3) is 3.32. The number of nitrogens with one attached hydrogen (secondary N) is 1. The van der Waals surface area contributed by atoms with Crippen LogP contribution in [-0.4, -0.2) is 35.7 Å². The van der Waals surface area contributed by atoms with Crippen molar-refractivity contribution in [2.45, 2.75) is 31.9 Å². The molecule has 1 aromatic carbocycles. The molecular weight excluding hydrogens is 246 g/mol. The number of amides is 1. The van der Waals surface area contributed by atoms with Crippen molar-refractivity contribution in [3.05, 3.63) is 35.4 Å². The Morgan fingerprint density at radius 2 is 2.16 bits per heavy atom. The van der Waals surface area contributed by atoms with Gasteiger partial charge < -0.3 is 15.2 Å². The van der Waals surface area contributed by atoms with Crippen molar-refractivity contribution < 1.29 is 19.4 Å². The summed E-state index contributed by atoms with van der Waals surface area (Å²) in [5.74, 6) is -1.31. The van der Waals surface area contributed by atoms with Gasteiger partial charge in [-0.15, -0.1) is 0 Å². The first-order valence-corrected chi connectivity index (χ1v) is 6.34. The van der Waals surface area contributed by atoms with Crippen molar-refractivity contribution in [3.8, 4) is 0 Å². The van der Waals surface area contributed by atoms with Gasteiger partial charge in [-0.25, -0.2) is 4.79 Å². The van der Waals surface area contributed by atoms with E-state index in [2.05, 4.69) is 5.32 Å². The zero-order valence-corrected chi connectivity index (χ0v) is 10.8. The third-order valence-electron chi connectivity index (χ3n) is 3.25. The van der Waals surface area contributed by atoms with E-state index in [9.17, 15) is 9.59 Å². The molecule has 5 nitrogen and oxygen atoms in total. The maximum Gasteiger partial charge on any atom is 0.335 e. The van der Waals surface area contributed by atoms with Crippen LogP contribution in [0.5, 0.6) is 0 Å². The van der Waals surface area contributed by atoms with Crippen molar-refractivity contribution in [2.24, 2.45) is 0 Å². The molecule has 2 N–H and O–H groups in total. The van der Waals surface area contributed by atoms with E-state index in [0.717, 1.165) is 19.4 Å². The molecule has 0 radical (unpaired) electrons. The number of hydrogen-bond acceptors (Lipinski definition) is 3. The van der Waals surface area contributed by atoms with Gasteiger partial charge in [-0.3, -0.25) is 4.79 Å². The highest BCUT2D eigenvalue weighted by atomic mass is 16.5. The fourth-order valence-corrected chi connectivity index (χ4v) is 2.17. The van der Waals surface area contributed by atoms with Gasteiger partial charge in [-0.2, -0.15) is 0 Å². The Morgan fingerprint density at radius 1 is 1.42 bits per heavy atom. The van der Waals surface area contributed by atoms with Crippen molar-refractivity contribution in [1.82, 2.24) is 5.32 Å². The van der Waals surface area contributed by atoms with Gasteiger partial charge in [-0.1, -0.05) is 6.07 Å². The first-order chi connectivity index (χ1) is 9.08. The minimum atomic E-state index is -1.04. The van der Waals surface area contributed by atoms with Crippen LogP contribution in [-0.2, 0) is 4.74 Å². The van der Waals surface area contributed by atoms with Gasteiger partial charge in [0.25, 0.3) is 5.91 Å². The number of rotatable bonds is 4. The number of aromatic carboxylic acids is 1. The lowest BCUT2D eigenvalue weighted by Crippen LogP contribution is -2.40. The Morgan fingerprint density at radius 3 is 2.79 bits per heavy atom. The number of carboxylic acids is 1. The van der Waals surface area contributed by atoms with Gasteiger partial charge in [0.1, 0.15) is 0 Å². The molecule has 1 aliphatic heterocycles. The maximum absolute atomic E-state index is 12.0. The molecule has 0 aliphatic carbocycles. The summed E-state index contributed by atoms with van der Waals surface area (Å²) in [5, 5.41) is 11.7. The Labute approximate surface area is 111 Å². The molecule has 1 heterocycles. The number of carbonyl (C=O) groups is 2. The Bertz CT molecular complexity index is 480. The van der Waals surface area contributed by atoms with E-state index in [1.165, 1.54) is 12.1 Å². The van der Waals surface area contributed by atoms with E-state index in [0.29, 0.717) is 5.56 Å². The number of hydrogen-bond donors (Lipinski definition) is 2. The number of benzene rings is 1. The topological polar surface area (TPSA) is 75.6 Å². The Hall–Kier alpha value is -1.88. The van der Waals surface area contributed by atoms with E-state index in [-0.39, 0.29) is 23.6 Å². The summed E-state index contributed by atoms with van der Waals surface area (Å²) in [5.41, 5.74) is 0.460. The van der Waals surface area contributed by atoms with Crippen LogP contribution in [0, 0.1) is 0 Å². The third-order valence-corrected chi connectivity index (χ3v) is 3.25. The summed E-state index contributed by atoms with van der Waals surface area (Å²) >= 11 is 0. The summed E-state index contributed by atoms with van der Waals surface area (Å²) < 4.78 is 5.50. The second kappa shape index (κ2) is 5.84. The average Bonchev–Trinajstić information content (AvgIpc) is 2.92. The zero-order chi connectivity index (χ0) is 13.8. The van der Waals surface area contributed by atoms with Crippen LogP contribution in [0.3, 0.4) is 0 Å². The van der Waals surface area contributed by atoms with Crippen LogP contribution >= 0.6 is 0 Å². The highest BCUT2D eigenvalue weighted by Crippen LogP contribution is 2.16. The van der Waals surface area contributed by atoms with Gasteiger partial charge in [0.15, 0.2) is 0 Å². The highest BCUT2D eigenvalue weighted by Gasteiger charge is 2.24. The monoisotopic (exact) mass is 263 g/mol. The summed E-state index contributed by atoms with van der Waals surface area (Å²) in [6.45, 7) is 2.63. The lowest BCUT2D eigenvalue weighted by atomic mass is 10.1. The van der Waals surface area contributed by atoms with Crippen molar-refractivity contribution in [2.75, 3.05) is 6.61 Å². The SMILES string of the molecule is C[C@H](NC(=O)c1cccc(C(=O)O)c1)[C@H]1CCCO1. The quantitative estimate of drug-likeness (QED) is 0.866. The molecule has 1 aromatic rings. The standard InChI is InChI=1S/C14H17NO4/c1-9(12-6-3-7-19-12)15-13(16)10-4-2-5-11(8-10)14(17)18/h2,4-5,8-9,12H,3,6-7H2,1H3,(H,15,16)(H,17,18)/t9-,12+/m0/s1. The molecule has 19 heavy (non-hydrogen) atoms. The summed E-state index contributed by atoms with van der Waals surface area (Å²) in [6.07, 6.45) is 2.00. The van der Waals surface area contributed by atoms with Gasteiger partial charge >= 0.3 is 5.97 Å². The van der Waals surface area contributed by atoms with Crippen LogP contribution in [0.1, 0.15) is 40.5 Å². The fraction of sp³-hybridized carbons (Fsp3) is 0.429. The lowest BCUT2D eigenvalue weighted by Gasteiger charge is -2.20. The fourth-order valence-electron chi connectivity index (χ4n) is 2.17. The van der Waals surface area contributed by atoms with Crippen LogP contribution in [0.4, 0.5) is 0 Å². The molecule has 1 aliphatic rings. The molecule has 5 heteroatoms. The smallest absolute Gasteiger partial charge is 0.335 e. The second-order valence-corrected chi connectivity index (χ2v) is 4.70. The summed E-state index contributed by atoms with van der Waals surface area (Å²) in [7, 11) is 0. The predicted molar refractivity (Wildman–Crippen MR) is 69.3 cm³/mol. The average molecular weight is 263 g/mol. The minimum Gasteiger partial charge on any atom is -0.478 e. The van der Waals surface area contributed by atoms with Gasteiger partial charge in [0, 0.05) is 12.2 Å². The molecule has 1 amide bonds. The Kier molecular flexibility index (Phi) is 4.16. The van der Waals surface area contributed by atoms with Gasteiger partial charge in [0.2, 0.25) is 0 Å². The Balaban J connectivity index is 2.02. The molecule has 1 saturated heterocycles. The summed E-state index contributed by atoms with van der Waals surface area (Å²) in [4.78, 5) is 22.9. The molecule has 0 unspecified atom stereocenters. The molecule has 0 spiro atoms. The van der Waals surface area contributed by atoms with Crippen LogP contribution in [0.25, 0.3) is 0 Å². The first kappa shape index (κ1) is 13.5. The maximum atomic E-state index is 12.0. The van der Waals surface area contributed by atoms with Crippen molar-refractivity contribution in [1.29, 1.82) is 0 Å². The number of ether oxygens (including phenoxy) is 1. The zero-order valence-electron chi connectivity index (χ0n) is 10.8. The normalized spacial score (nSPS) is 19.9. The van der Waals surface area contributed by atoms with E-state index in [4.69, 9.17) is 9.84 Å². The van der Waals surface area contributed by atoms with E-state index < -0.39 is 5.97 Å². The minimum absolute atomic E-state index is 0.0478. The predicted octanol–water partition coefficient (Wildman–Crippen LogP) is 1.68. The van der Waals surface area contributed by atoms with Crippen LogP contribution in [0.2, 0.25) is 0 Å². The lowest BCUT2D eigenvalue weighted by molar-refractivity contribution is 0.0696. The van der Waals surface area contributed by atoms with Gasteiger partial charge in [0.05, 0.1) is 17.7 Å². The van der Waals surface area contributed by atoms with E-state index in [1.54, 1.807) is 12.1 Å². The molecule has 0 aromatic heterocycles. The largest absolute Gasteiger partial charge is 0.478 e. The van der Waals surface area contributed by atoms with Crippen LogP contribution in [0.15, 0.2) is 24.3 Å². The molecule has 0 saturated carbocycles. The molecule has 1 fully saturated rings. The molecule has 2 rings (SSSR count). The first-order valence-electron chi connectivity index (χ1n) is 6.34. The van der Waals surface area contributed by atoms with E-state index >= 15 is 0 Å². The van der Waals surface area contributed by atoms with Crippen LogP contribution < -0.4 is 5.32 Å². The second-order valence-electron chi connectivity index (χ2n) is 4.70. The summed E-state index contributed by atoms with van der Waals surface area (Å²) in [6, 6.07) is 5.92. The highest BCUT2D eigenvalue weighted by molar-refractivity contribution is 5.97. The molecule has 0 bridgehead atoms.